The second-order valence-electron chi connectivity index (χ2n) is 10.9. The summed E-state index contributed by atoms with van der Waals surface area (Å²) in [7, 11) is 2.12. The first-order valence-corrected chi connectivity index (χ1v) is 14.4. The second-order valence-corrected chi connectivity index (χ2v) is 10.9. The first kappa shape index (κ1) is 26.4. The molecule has 0 heterocycles. The van der Waals surface area contributed by atoms with Crippen molar-refractivity contribution in [2.24, 2.45) is 5.92 Å². The van der Waals surface area contributed by atoms with Gasteiger partial charge in [-0.05, 0) is 83.6 Å². The van der Waals surface area contributed by atoms with E-state index in [2.05, 4.69) is 182 Å². The van der Waals surface area contributed by atoms with Gasteiger partial charge in [-0.3, -0.25) is 0 Å². The fraction of sp³-hybridized carbons (Fsp3) is 0.128. The van der Waals surface area contributed by atoms with Gasteiger partial charge in [0.15, 0.2) is 0 Å². The highest BCUT2D eigenvalue weighted by Gasteiger charge is 2.26. The summed E-state index contributed by atoms with van der Waals surface area (Å²) in [6.45, 7) is 4.44. The van der Waals surface area contributed by atoms with E-state index >= 15 is 0 Å². The molecule has 0 aromatic heterocycles. The lowest BCUT2D eigenvalue weighted by atomic mass is 9.88. The molecule has 0 N–H and O–H groups in total. The predicted octanol–water partition coefficient (Wildman–Crippen LogP) is 10.2. The summed E-state index contributed by atoms with van der Waals surface area (Å²) in [5.74, 6) is 0.318. The van der Waals surface area contributed by atoms with Crippen LogP contribution in [0.15, 0.2) is 152 Å². The molecule has 2 atom stereocenters. The minimum Gasteiger partial charge on any atom is -0.345 e. The average Bonchev–Trinajstić information content (AvgIpc) is 3.03. The molecule has 0 saturated heterocycles. The summed E-state index contributed by atoms with van der Waals surface area (Å²) < 4.78 is 0. The van der Waals surface area contributed by atoms with Crippen LogP contribution in [0.25, 0.3) is 16.7 Å². The Hall–Kier alpha value is -4.82. The van der Waals surface area contributed by atoms with Gasteiger partial charge in [0.05, 0.1) is 6.04 Å². The van der Waals surface area contributed by atoms with E-state index in [1.54, 1.807) is 0 Å². The van der Waals surface area contributed by atoms with Gasteiger partial charge in [-0.15, -0.1) is 0 Å². The van der Waals surface area contributed by atoms with Crippen LogP contribution in [0.5, 0.6) is 0 Å². The van der Waals surface area contributed by atoms with Gasteiger partial charge in [-0.25, -0.2) is 0 Å². The SMILES string of the molecule is Cc1ccc(N(C)c2ccc(C3=CC(C)C(N(c4ccccc4)c4ccc(-c5ccccc5)cc4)C=C3)cc2)cc1. The lowest BCUT2D eigenvalue weighted by molar-refractivity contribution is 0.611. The highest BCUT2D eigenvalue weighted by atomic mass is 15.2. The summed E-state index contributed by atoms with van der Waals surface area (Å²) in [6, 6.07) is 48.0. The summed E-state index contributed by atoms with van der Waals surface area (Å²) >= 11 is 0. The number of nitrogens with zero attached hydrogens (tertiary/aromatic N) is 2. The van der Waals surface area contributed by atoms with Crippen molar-refractivity contribution in [1.29, 1.82) is 0 Å². The maximum atomic E-state index is 2.46. The molecule has 5 aromatic rings. The fourth-order valence-electron chi connectivity index (χ4n) is 5.65. The molecule has 41 heavy (non-hydrogen) atoms. The molecule has 0 radical (unpaired) electrons. The first-order valence-electron chi connectivity index (χ1n) is 14.4. The fourth-order valence-corrected chi connectivity index (χ4v) is 5.65. The topological polar surface area (TPSA) is 6.48 Å². The third kappa shape index (κ3) is 5.73. The molecule has 0 amide bonds. The summed E-state index contributed by atoms with van der Waals surface area (Å²) in [5, 5.41) is 0. The molecule has 0 saturated carbocycles. The van der Waals surface area contributed by atoms with E-state index in [1.165, 1.54) is 50.6 Å². The lowest BCUT2D eigenvalue weighted by Crippen LogP contribution is -2.35. The van der Waals surface area contributed by atoms with Gasteiger partial charge in [0, 0.05) is 29.8 Å². The number of para-hydroxylation sites is 1. The van der Waals surface area contributed by atoms with E-state index in [0.717, 1.165) is 0 Å². The summed E-state index contributed by atoms with van der Waals surface area (Å²) in [5.41, 5.74) is 11.0. The highest BCUT2D eigenvalue weighted by molar-refractivity contribution is 5.79. The summed E-state index contributed by atoms with van der Waals surface area (Å²) in [4.78, 5) is 4.69. The summed E-state index contributed by atoms with van der Waals surface area (Å²) in [6.07, 6.45) is 7.07. The van der Waals surface area contributed by atoms with Crippen LogP contribution in [0, 0.1) is 12.8 Å². The molecule has 2 heteroatoms. The molecule has 0 spiro atoms. The van der Waals surface area contributed by atoms with Crippen LogP contribution in [0.4, 0.5) is 22.7 Å². The van der Waals surface area contributed by atoms with Gasteiger partial charge in [0.1, 0.15) is 0 Å². The Morgan fingerprint density at radius 1 is 0.512 bits per heavy atom. The molecule has 0 bridgehead atoms. The van der Waals surface area contributed by atoms with Gasteiger partial charge < -0.3 is 9.80 Å². The molecule has 2 nitrogen and oxygen atoms in total. The molecule has 202 valence electrons. The third-order valence-corrected chi connectivity index (χ3v) is 8.05. The first-order chi connectivity index (χ1) is 20.1. The average molecular weight is 533 g/mol. The zero-order valence-corrected chi connectivity index (χ0v) is 24.0. The van der Waals surface area contributed by atoms with E-state index in [-0.39, 0.29) is 6.04 Å². The third-order valence-electron chi connectivity index (χ3n) is 8.05. The van der Waals surface area contributed by atoms with Crippen molar-refractivity contribution in [3.8, 4) is 11.1 Å². The van der Waals surface area contributed by atoms with E-state index < -0.39 is 0 Å². The van der Waals surface area contributed by atoms with Crippen LogP contribution in [-0.2, 0) is 0 Å². The molecule has 2 unspecified atom stereocenters. The zero-order chi connectivity index (χ0) is 28.2. The number of hydrogen-bond acceptors (Lipinski definition) is 2. The van der Waals surface area contributed by atoms with Crippen LogP contribution in [0.2, 0.25) is 0 Å². The number of rotatable bonds is 7. The van der Waals surface area contributed by atoms with Crippen LogP contribution < -0.4 is 9.80 Å². The zero-order valence-electron chi connectivity index (χ0n) is 24.0. The lowest BCUT2D eigenvalue weighted by Gasteiger charge is -2.37. The quantitative estimate of drug-likeness (QED) is 0.206. The highest BCUT2D eigenvalue weighted by Crippen LogP contribution is 2.37. The van der Waals surface area contributed by atoms with Crippen LogP contribution in [0.1, 0.15) is 18.1 Å². The Morgan fingerprint density at radius 3 is 1.61 bits per heavy atom. The minimum absolute atomic E-state index is 0.204. The van der Waals surface area contributed by atoms with Crippen molar-refractivity contribution < 1.29 is 0 Å². The van der Waals surface area contributed by atoms with E-state index in [9.17, 15) is 0 Å². The van der Waals surface area contributed by atoms with Crippen LogP contribution >= 0.6 is 0 Å². The molecule has 0 fully saturated rings. The molecule has 1 aliphatic rings. The van der Waals surface area contributed by atoms with E-state index in [1.807, 2.05) is 0 Å². The Kier molecular flexibility index (Phi) is 7.56. The Balaban J connectivity index is 1.24. The Morgan fingerprint density at radius 2 is 1.00 bits per heavy atom. The van der Waals surface area contributed by atoms with Crippen molar-refractivity contribution in [3.05, 3.63) is 163 Å². The van der Waals surface area contributed by atoms with Crippen LogP contribution in [-0.4, -0.2) is 13.1 Å². The van der Waals surface area contributed by atoms with Gasteiger partial charge in [0.25, 0.3) is 0 Å². The number of allylic oxidation sites excluding steroid dienone is 2. The van der Waals surface area contributed by atoms with E-state index in [4.69, 9.17) is 0 Å². The number of hydrogen-bond donors (Lipinski definition) is 0. The van der Waals surface area contributed by atoms with Gasteiger partial charge in [-0.2, -0.15) is 0 Å². The van der Waals surface area contributed by atoms with E-state index in [0.29, 0.717) is 5.92 Å². The Labute approximate surface area is 244 Å². The smallest absolute Gasteiger partial charge is 0.0585 e. The molecule has 6 rings (SSSR count). The van der Waals surface area contributed by atoms with Gasteiger partial charge >= 0.3 is 0 Å². The second kappa shape index (κ2) is 11.7. The van der Waals surface area contributed by atoms with Crippen LogP contribution in [0.3, 0.4) is 0 Å². The number of aryl methyl sites for hydroxylation is 1. The Bertz CT molecular complexity index is 1630. The van der Waals surface area contributed by atoms with Crippen molar-refractivity contribution in [2.75, 3.05) is 16.8 Å². The molecular weight excluding hydrogens is 496 g/mol. The van der Waals surface area contributed by atoms with Crippen molar-refractivity contribution in [3.63, 3.8) is 0 Å². The standard InChI is InChI=1S/C39H36N2/c1-29-14-21-35(22-15-29)40(3)36-23-16-33(17-24-36)34-20-27-39(30(2)28-34)41(37-12-8-5-9-13-37)38-25-18-32(19-26-38)31-10-6-4-7-11-31/h4-28,30,39H,1-3H3. The predicted molar refractivity (Wildman–Crippen MR) is 176 cm³/mol. The monoisotopic (exact) mass is 532 g/mol. The molecule has 1 aliphatic carbocycles. The molecule has 0 aliphatic heterocycles. The minimum atomic E-state index is 0.204. The van der Waals surface area contributed by atoms with Crippen molar-refractivity contribution in [1.82, 2.24) is 0 Å². The van der Waals surface area contributed by atoms with Gasteiger partial charge in [0.2, 0.25) is 0 Å². The largest absolute Gasteiger partial charge is 0.345 e. The number of benzene rings is 5. The van der Waals surface area contributed by atoms with Crippen molar-refractivity contribution in [2.45, 2.75) is 19.9 Å². The maximum absolute atomic E-state index is 2.46. The maximum Gasteiger partial charge on any atom is 0.0585 e. The van der Waals surface area contributed by atoms with Gasteiger partial charge in [-0.1, -0.05) is 116 Å². The molecule has 5 aromatic carbocycles. The van der Waals surface area contributed by atoms with Crippen molar-refractivity contribution >= 4 is 28.3 Å². The number of anilines is 4. The molecular formula is C39H36N2. The normalized spacial score (nSPS) is 16.2.